The van der Waals surface area contributed by atoms with Gasteiger partial charge in [0.2, 0.25) is 0 Å². The number of nitrogens with one attached hydrogen (secondary N) is 1. The van der Waals surface area contributed by atoms with Gasteiger partial charge in [0.25, 0.3) is 0 Å². The Morgan fingerprint density at radius 1 is 1.15 bits per heavy atom. The van der Waals surface area contributed by atoms with Crippen LogP contribution >= 0.6 is 0 Å². The molecule has 3 atom stereocenters. The molecule has 0 bridgehead atoms. The highest BCUT2D eigenvalue weighted by molar-refractivity contribution is 5.28. The molecule has 0 radical (unpaired) electrons. The van der Waals surface area contributed by atoms with Gasteiger partial charge in [-0.25, -0.2) is 0 Å². The maximum atomic E-state index is 9.45. The highest BCUT2D eigenvalue weighted by Gasteiger charge is 2.34. The molecular weight excluding hydrogens is 248 g/mol. The number of phenols is 1. The Hall–Kier alpha value is -1.06. The Bertz CT molecular complexity index is 425. The first kappa shape index (κ1) is 13.9. The van der Waals surface area contributed by atoms with Crippen molar-refractivity contribution >= 4 is 0 Å². The molecule has 2 aliphatic heterocycles. The lowest BCUT2D eigenvalue weighted by Gasteiger charge is -2.43. The van der Waals surface area contributed by atoms with Crippen LogP contribution in [0.15, 0.2) is 24.3 Å². The summed E-state index contributed by atoms with van der Waals surface area (Å²) >= 11 is 0. The molecule has 3 unspecified atom stereocenters. The molecule has 2 N–H and O–H groups in total. The number of aromatic hydroxyl groups is 1. The molecule has 1 aromatic carbocycles. The van der Waals surface area contributed by atoms with Crippen LogP contribution in [0.4, 0.5) is 0 Å². The van der Waals surface area contributed by atoms with Crippen molar-refractivity contribution in [3.05, 3.63) is 29.8 Å². The second kappa shape index (κ2) is 6.15. The van der Waals surface area contributed by atoms with Crippen molar-refractivity contribution in [2.75, 3.05) is 13.1 Å². The van der Waals surface area contributed by atoms with E-state index in [9.17, 15) is 5.11 Å². The fourth-order valence-electron chi connectivity index (χ4n) is 3.88. The molecule has 3 rings (SSSR count). The monoisotopic (exact) mass is 274 g/mol. The van der Waals surface area contributed by atoms with Gasteiger partial charge in [-0.15, -0.1) is 0 Å². The summed E-state index contributed by atoms with van der Waals surface area (Å²) in [6.07, 6.45) is 6.64. The van der Waals surface area contributed by atoms with Crippen molar-refractivity contribution in [2.24, 2.45) is 0 Å². The van der Waals surface area contributed by atoms with Crippen LogP contribution in [0, 0.1) is 0 Å². The first-order chi connectivity index (χ1) is 9.75. The van der Waals surface area contributed by atoms with E-state index in [1.54, 1.807) is 12.1 Å². The van der Waals surface area contributed by atoms with Crippen LogP contribution in [0.2, 0.25) is 0 Å². The van der Waals surface area contributed by atoms with Crippen molar-refractivity contribution < 1.29 is 5.11 Å². The standard InChI is InChI=1S/C17H26N2O/c1-13(14-7-9-15(20)10-8-14)19-12-3-2-6-17(19)16-5-4-11-18-16/h7-10,13,16-18,20H,2-6,11-12H2,1H3. The number of phenolic OH excluding ortho intramolecular Hbond substituents is 1. The van der Waals surface area contributed by atoms with E-state index in [2.05, 4.69) is 29.3 Å². The number of benzene rings is 1. The van der Waals surface area contributed by atoms with E-state index in [-0.39, 0.29) is 0 Å². The quantitative estimate of drug-likeness (QED) is 0.889. The third-order valence-electron chi connectivity index (χ3n) is 5.03. The predicted molar refractivity (Wildman–Crippen MR) is 81.9 cm³/mol. The summed E-state index contributed by atoms with van der Waals surface area (Å²) in [5, 5.41) is 13.1. The van der Waals surface area contributed by atoms with Gasteiger partial charge >= 0.3 is 0 Å². The van der Waals surface area contributed by atoms with Crippen molar-refractivity contribution in [3.63, 3.8) is 0 Å². The van der Waals surface area contributed by atoms with Gasteiger partial charge in [-0.05, 0) is 63.4 Å². The van der Waals surface area contributed by atoms with Crippen LogP contribution in [-0.2, 0) is 0 Å². The highest BCUT2D eigenvalue weighted by atomic mass is 16.3. The third-order valence-corrected chi connectivity index (χ3v) is 5.03. The lowest BCUT2D eigenvalue weighted by atomic mass is 9.91. The van der Waals surface area contributed by atoms with E-state index in [0.717, 1.165) is 0 Å². The molecule has 2 fully saturated rings. The van der Waals surface area contributed by atoms with Gasteiger partial charge in [-0.3, -0.25) is 4.90 Å². The number of hydrogen-bond acceptors (Lipinski definition) is 3. The SMILES string of the molecule is CC(c1ccc(O)cc1)N1CCCCC1C1CCCN1. The molecule has 0 aliphatic carbocycles. The molecule has 2 heterocycles. The van der Waals surface area contributed by atoms with E-state index >= 15 is 0 Å². The Labute approximate surface area is 122 Å². The molecular formula is C17H26N2O. The normalized spacial score (nSPS) is 29.4. The summed E-state index contributed by atoms with van der Waals surface area (Å²) in [6.45, 7) is 4.69. The zero-order valence-electron chi connectivity index (χ0n) is 12.4. The molecule has 0 spiro atoms. The van der Waals surface area contributed by atoms with E-state index in [1.807, 2.05) is 0 Å². The van der Waals surface area contributed by atoms with Crippen LogP contribution in [0.3, 0.4) is 0 Å². The summed E-state index contributed by atoms with van der Waals surface area (Å²) in [4.78, 5) is 2.68. The lowest BCUT2D eigenvalue weighted by molar-refractivity contribution is 0.0803. The van der Waals surface area contributed by atoms with Gasteiger partial charge in [0.05, 0.1) is 0 Å². The number of rotatable bonds is 3. The summed E-state index contributed by atoms with van der Waals surface area (Å²) in [5.74, 6) is 0.355. The lowest BCUT2D eigenvalue weighted by Crippen LogP contribution is -2.50. The smallest absolute Gasteiger partial charge is 0.115 e. The maximum absolute atomic E-state index is 9.45. The summed E-state index contributed by atoms with van der Waals surface area (Å²) in [7, 11) is 0. The number of likely N-dealkylation sites (tertiary alicyclic amines) is 1. The molecule has 2 saturated heterocycles. The van der Waals surface area contributed by atoms with E-state index in [0.29, 0.717) is 23.9 Å². The van der Waals surface area contributed by atoms with Crippen LogP contribution in [-0.4, -0.2) is 35.2 Å². The minimum Gasteiger partial charge on any atom is -0.508 e. The fraction of sp³-hybridized carbons (Fsp3) is 0.647. The van der Waals surface area contributed by atoms with Crippen molar-refractivity contribution in [3.8, 4) is 5.75 Å². The molecule has 20 heavy (non-hydrogen) atoms. The van der Waals surface area contributed by atoms with Gasteiger partial charge in [-0.2, -0.15) is 0 Å². The molecule has 3 heteroatoms. The molecule has 0 saturated carbocycles. The van der Waals surface area contributed by atoms with Crippen LogP contribution in [0.25, 0.3) is 0 Å². The molecule has 110 valence electrons. The minimum atomic E-state index is 0.355. The van der Waals surface area contributed by atoms with E-state index < -0.39 is 0 Å². The van der Waals surface area contributed by atoms with Crippen molar-refractivity contribution in [1.29, 1.82) is 0 Å². The largest absolute Gasteiger partial charge is 0.508 e. The second-order valence-electron chi connectivity index (χ2n) is 6.27. The average Bonchev–Trinajstić information content (AvgIpc) is 3.01. The molecule has 3 nitrogen and oxygen atoms in total. The number of nitrogens with zero attached hydrogens (tertiary/aromatic N) is 1. The summed E-state index contributed by atoms with van der Waals surface area (Å²) in [5.41, 5.74) is 1.31. The van der Waals surface area contributed by atoms with Crippen LogP contribution in [0.1, 0.15) is 50.6 Å². The first-order valence-corrected chi connectivity index (χ1v) is 8.04. The number of hydrogen-bond donors (Lipinski definition) is 2. The maximum Gasteiger partial charge on any atom is 0.115 e. The number of piperidine rings is 1. The third kappa shape index (κ3) is 2.84. The van der Waals surface area contributed by atoms with Crippen molar-refractivity contribution in [1.82, 2.24) is 10.2 Å². The van der Waals surface area contributed by atoms with Crippen LogP contribution in [0.5, 0.6) is 5.75 Å². The van der Waals surface area contributed by atoms with Gasteiger partial charge in [0, 0.05) is 18.1 Å². The first-order valence-electron chi connectivity index (χ1n) is 8.04. The molecule has 0 amide bonds. The summed E-state index contributed by atoms with van der Waals surface area (Å²) in [6, 6.07) is 9.52. The molecule has 1 aromatic rings. The summed E-state index contributed by atoms with van der Waals surface area (Å²) < 4.78 is 0. The van der Waals surface area contributed by atoms with Crippen LogP contribution < -0.4 is 5.32 Å². The molecule has 0 aromatic heterocycles. The van der Waals surface area contributed by atoms with E-state index in [1.165, 1.54) is 50.8 Å². The Kier molecular flexibility index (Phi) is 4.27. The molecule has 2 aliphatic rings. The Balaban J connectivity index is 1.76. The van der Waals surface area contributed by atoms with Gasteiger partial charge < -0.3 is 10.4 Å². The Morgan fingerprint density at radius 2 is 1.95 bits per heavy atom. The van der Waals surface area contributed by atoms with Gasteiger partial charge in [0.15, 0.2) is 0 Å². The predicted octanol–water partition coefficient (Wildman–Crippen LogP) is 3.06. The minimum absolute atomic E-state index is 0.355. The zero-order chi connectivity index (χ0) is 13.9. The highest BCUT2D eigenvalue weighted by Crippen LogP contribution is 2.32. The Morgan fingerprint density at radius 3 is 2.65 bits per heavy atom. The fourth-order valence-corrected chi connectivity index (χ4v) is 3.88. The van der Waals surface area contributed by atoms with E-state index in [4.69, 9.17) is 0 Å². The second-order valence-corrected chi connectivity index (χ2v) is 6.27. The average molecular weight is 274 g/mol. The van der Waals surface area contributed by atoms with Gasteiger partial charge in [-0.1, -0.05) is 18.6 Å². The van der Waals surface area contributed by atoms with Crippen molar-refractivity contribution in [2.45, 2.75) is 57.2 Å². The topological polar surface area (TPSA) is 35.5 Å². The zero-order valence-corrected chi connectivity index (χ0v) is 12.4. The van der Waals surface area contributed by atoms with Gasteiger partial charge in [0.1, 0.15) is 5.75 Å².